The van der Waals surface area contributed by atoms with Gasteiger partial charge in [-0.25, -0.2) is 8.42 Å². The normalized spacial score (nSPS) is 11.9. The lowest BCUT2D eigenvalue weighted by molar-refractivity contribution is -0.140. The minimum absolute atomic E-state index is 0.0626. The minimum Gasteiger partial charge on any atom is -0.355 e. The van der Waals surface area contributed by atoms with E-state index in [9.17, 15) is 18.0 Å². The van der Waals surface area contributed by atoms with E-state index < -0.39 is 28.5 Å². The number of benzene rings is 4. The van der Waals surface area contributed by atoms with Crippen LogP contribution in [0.1, 0.15) is 23.6 Å². The number of aryl methyl sites for hydroxylation is 1. The van der Waals surface area contributed by atoms with Crippen molar-refractivity contribution in [3.8, 4) is 0 Å². The predicted molar refractivity (Wildman–Crippen MR) is 169 cm³/mol. The van der Waals surface area contributed by atoms with Gasteiger partial charge in [0.05, 0.1) is 10.6 Å². The van der Waals surface area contributed by atoms with Gasteiger partial charge in [-0.2, -0.15) is 0 Å². The second-order valence-electron chi connectivity index (χ2n) is 9.92. The third-order valence-electron chi connectivity index (χ3n) is 6.76. The standard InChI is InChI=1S/C33H34BrN3O4S/c1-3-35-33(39)31(21-26-13-6-4-7-14-26)36(23-27-15-10-12-25(2)20-27)32(38)24-37(29-17-11-16-28(34)22-29)42(40,41)30-18-8-5-9-19-30/h4-20,22,31H,3,21,23-24H2,1-2H3,(H,35,39)/t31-/m0/s1. The van der Waals surface area contributed by atoms with Crippen LogP contribution in [0.15, 0.2) is 119 Å². The number of anilines is 1. The molecule has 2 amide bonds. The van der Waals surface area contributed by atoms with Crippen molar-refractivity contribution < 1.29 is 18.0 Å². The summed E-state index contributed by atoms with van der Waals surface area (Å²) in [6.45, 7) is 3.81. The number of hydrogen-bond acceptors (Lipinski definition) is 4. The number of nitrogens with one attached hydrogen (secondary N) is 1. The molecule has 218 valence electrons. The Bertz CT molecular complexity index is 1610. The predicted octanol–water partition coefficient (Wildman–Crippen LogP) is 5.73. The average molecular weight is 649 g/mol. The van der Waals surface area contributed by atoms with Crippen LogP contribution in [0.3, 0.4) is 0 Å². The molecule has 9 heteroatoms. The lowest BCUT2D eigenvalue weighted by atomic mass is 10.0. The van der Waals surface area contributed by atoms with Crippen LogP contribution in [0.5, 0.6) is 0 Å². The van der Waals surface area contributed by atoms with E-state index in [1.165, 1.54) is 17.0 Å². The Labute approximate surface area is 256 Å². The van der Waals surface area contributed by atoms with Gasteiger partial charge in [-0.3, -0.25) is 13.9 Å². The van der Waals surface area contributed by atoms with E-state index in [0.29, 0.717) is 16.7 Å². The zero-order chi connectivity index (χ0) is 30.1. The highest BCUT2D eigenvalue weighted by molar-refractivity contribution is 9.10. The van der Waals surface area contributed by atoms with E-state index in [-0.39, 0.29) is 23.8 Å². The molecule has 0 aliphatic carbocycles. The first kappa shape index (κ1) is 31.0. The highest BCUT2D eigenvalue weighted by Crippen LogP contribution is 2.27. The SMILES string of the molecule is CCNC(=O)[C@H](Cc1ccccc1)N(Cc1cccc(C)c1)C(=O)CN(c1cccc(Br)c1)S(=O)(=O)c1ccccc1. The zero-order valence-electron chi connectivity index (χ0n) is 23.6. The first-order chi connectivity index (χ1) is 20.2. The van der Waals surface area contributed by atoms with E-state index in [1.54, 1.807) is 42.5 Å². The van der Waals surface area contributed by atoms with Gasteiger partial charge in [0.15, 0.2) is 0 Å². The molecule has 0 heterocycles. The third kappa shape index (κ3) is 7.86. The maximum absolute atomic E-state index is 14.3. The smallest absolute Gasteiger partial charge is 0.264 e. The van der Waals surface area contributed by atoms with Crippen LogP contribution in [0.4, 0.5) is 5.69 Å². The van der Waals surface area contributed by atoms with Crippen LogP contribution in [-0.4, -0.2) is 44.3 Å². The number of amides is 2. The molecule has 1 N–H and O–H groups in total. The van der Waals surface area contributed by atoms with Crippen LogP contribution in [0, 0.1) is 6.92 Å². The molecular formula is C33H34BrN3O4S. The number of halogens is 1. The first-order valence-electron chi connectivity index (χ1n) is 13.7. The number of sulfonamides is 1. The van der Waals surface area contributed by atoms with Crippen molar-refractivity contribution in [1.82, 2.24) is 10.2 Å². The maximum Gasteiger partial charge on any atom is 0.264 e. The van der Waals surface area contributed by atoms with E-state index in [4.69, 9.17) is 0 Å². The number of nitrogens with zero attached hydrogens (tertiary/aromatic N) is 2. The highest BCUT2D eigenvalue weighted by atomic mass is 79.9. The van der Waals surface area contributed by atoms with E-state index in [2.05, 4.69) is 21.2 Å². The van der Waals surface area contributed by atoms with Gasteiger partial charge in [0.1, 0.15) is 12.6 Å². The monoisotopic (exact) mass is 647 g/mol. The van der Waals surface area contributed by atoms with Crippen molar-refractivity contribution in [3.05, 3.63) is 130 Å². The summed E-state index contributed by atoms with van der Waals surface area (Å²) in [5, 5.41) is 2.88. The van der Waals surface area contributed by atoms with Gasteiger partial charge in [-0.15, -0.1) is 0 Å². The second-order valence-corrected chi connectivity index (χ2v) is 12.7. The summed E-state index contributed by atoms with van der Waals surface area (Å²) in [5.41, 5.74) is 3.07. The topological polar surface area (TPSA) is 86.8 Å². The Morgan fingerprint density at radius 2 is 1.48 bits per heavy atom. The van der Waals surface area contributed by atoms with Crippen LogP contribution in [0.25, 0.3) is 0 Å². The van der Waals surface area contributed by atoms with E-state index in [1.807, 2.05) is 68.4 Å². The third-order valence-corrected chi connectivity index (χ3v) is 9.05. The summed E-state index contributed by atoms with van der Waals surface area (Å²) in [7, 11) is -4.13. The van der Waals surface area contributed by atoms with Gasteiger partial charge in [0.2, 0.25) is 11.8 Å². The number of rotatable bonds is 12. The molecule has 1 atom stereocenters. The van der Waals surface area contributed by atoms with Gasteiger partial charge in [-0.05, 0) is 55.3 Å². The number of likely N-dealkylation sites (N-methyl/N-ethyl adjacent to an activating group) is 1. The Morgan fingerprint density at radius 1 is 0.833 bits per heavy atom. The van der Waals surface area contributed by atoms with Crippen molar-refractivity contribution in [3.63, 3.8) is 0 Å². The fourth-order valence-electron chi connectivity index (χ4n) is 4.73. The van der Waals surface area contributed by atoms with Crippen LogP contribution in [-0.2, 0) is 32.6 Å². The first-order valence-corrected chi connectivity index (χ1v) is 15.9. The largest absolute Gasteiger partial charge is 0.355 e. The summed E-state index contributed by atoms with van der Waals surface area (Å²) in [6, 6.07) is 31.2. The molecule has 0 spiro atoms. The van der Waals surface area contributed by atoms with Gasteiger partial charge >= 0.3 is 0 Å². The molecule has 0 unspecified atom stereocenters. The van der Waals surface area contributed by atoms with Crippen molar-refractivity contribution >= 4 is 43.5 Å². The summed E-state index contributed by atoms with van der Waals surface area (Å²) in [6.07, 6.45) is 0.270. The molecule has 4 rings (SSSR count). The molecule has 0 aromatic heterocycles. The lowest BCUT2D eigenvalue weighted by Gasteiger charge is -2.34. The Balaban J connectivity index is 1.79. The quantitative estimate of drug-likeness (QED) is 0.213. The second kappa shape index (κ2) is 14.3. The lowest BCUT2D eigenvalue weighted by Crippen LogP contribution is -2.53. The fourth-order valence-corrected chi connectivity index (χ4v) is 6.55. The Kier molecular flexibility index (Phi) is 10.5. The summed E-state index contributed by atoms with van der Waals surface area (Å²) >= 11 is 3.43. The van der Waals surface area contributed by atoms with E-state index >= 15 is 0 Å². The Hall–Kier alpha value is -3.95. The fraction of sp³-hybridized carbons (Fsp3) is 0.212. The van der Waals surface area contributed by atoms with Gasteiger partial charge in [-0.1, -0.05) is 100 Å². The highest BCUT2D eigenvalue weighted by Gasteiger charge is 2.34. The number of carbonyl (C=O) groups is 2. The minimum atomic E-state index is -4.13. The summed E-state index contributed by atoms with van der Waals surface area (Å²) in [4.78, 5) is 29.4. The molecule has 4 aromatic carbocycles. The van der Waals surface area contributed by atoms with Gasteiger partial charge in [0, 0.05) is 24.0 Å². The summed E-state index contributed by atoms with van der Waals surface area (Å²) in [5.74, 6) is -0.801. The molecule has 0 saturated heterocycles. The van der Waals surface area contributed by atoms with Crippen LogP contribution >= 0.6 is 15.9 Å². The van der Waals surface area contributed by atoms with Crippen LogP contribution < -0.4 is 9.62 Å². The summed E-state index contributed by atoms with van der Waals surface area (Å²) < 4.78 is 29.7. The number of hydrogen-bond donors (Lipinski definition) is 1. The molecule has 0 bridgehead atoms. The average Bonchev–Trinajstić information content (AvgIpc) is 2.98. The maximum atomic E-state index is 14.3. The molecule has 7 nitrogen and oxygen atoms in total. The molecule has 0 aliphatic heterocycles. The zero-order valence-corrected chi connectivity index (χ0v) is 26.0. The molecule has 0 fully saturated rings. The van der Waals surface area contributed by atoms with Crippen LogP contribution in [0.2, 0.25) is 0 Å². The Morgan fingerprint density at radius 3 is 2.12 bits per heavy atom. The molecule has 4 aromatic rings. The van der Waals surface area contributed by atoms with Crippen molar-refractivity contribution in [2.24, 2.45) is 0 Å². The molecule has 42 heavy (non-hydrogen) atoms. The van der Waals surface area contributed by atoms with Gasteiger partial charge in [0.25, 0.3) is 10.0 Å². The van der Waals surface area contributed by atoms with Gasteiger partial charge < -0.3 is 10.2 Å². The number of carbonyl (C=O) groups excluding carboxylic acids is 2. The molecule has 0 aliphatic rings. The van der Waals surface area contributed by atoms with Crippen molar-refractivity contribution in [2.75, 3.05) is 17.4 Å². The molecule has 0 saturated carbocycles. The van der Waals surface area contributed by atoms with Crippen molar-refractivity contribution in [1.29, 1.82) is 0 Å². The molecule has 0 radical (unpaired) electrons. The van der Waals surface area contributed by atoms with E-state index in [0.717, 1.165) is 21.0 Å². The molecular weight excluding hydrogens is 614 g/mol. The van der Waals surface area contributed by atoms with Crippen molar-refractivity contribution in [2.45, 2.75) is 37.8 Å².